The topological polar surface area (TPSA) is 85.6 Å². The van der Waals surface area contributed by atoms with Gasteiger partial charge in [-0.15, -0.1) is 5.10 Å². The highest BCUT2D eigenvalue weighted by atomic mass is 32.1. The lowest BCUT2D eigenvalue weighted by Gasteiger charge is -2.03. The summed E-state index contributed by atoms with van der Waals surface area (Å²) in [6, 6.07) is 13.4. The number of aromatic nitrogens is 5. The molecule has 8 heteroatoms. The van der Waals surface area contributed by atoms with E-state index in [0.29, 0.717) is 10.7 Å². The van der Waals surface area contributed by atoms with E-state index in [-0.39, 0.29) is 5.91 Å². The van der Waals surface area contributed by atoms with Crippen molar-refractivity contribution in [1.82, 2.24) is 25.2 Å². The van der Waals surface area contributed by atoms with Gasteiger partial charge in [-0.1, -0.05) is 30.7 Å². The van der Waals surface area contributed by atoms with Gasteiger partial charge in [0.15, 0.2) is 5.13 Å². The molecular weight excluding hydrogens is 360 g/mol. The quantitative estimate of drug-likeness (QED) is 0.550. The molecule has 0 unspecified atom stereocenters. The van der Waals surface area contributed by atoms with Crippen molar-refractivity contribution in [1.29, 1.82) is 0 Å². The Morgan fingerprint density at radius 1 is 1.19 bits per heavy atom. The molecule has 0 aliphatic rings. The van der Waals surface area contributed by atoms with E-state index in [2.05, 4.69) is 44.9 Å². The average Bonchev–Trinajstić information content (AvgIpc) is 3.35. The van der Waals surface area contributed by atoms with Crippen LogP contribution in [0.1, 0.15) is 35.7 Å². The highest BCUT2D eigenvalue weighted by molar-refractivity contribution is 7.22. The van der Waals surface area contributed by atoms with E-state index in [9.17, 15) is 4.79 Å². The summed E-state index contributed by atoms with van der Waals surface area (Å²) >= 11 is 1.50. The number of carbonyl (C=O) groups excluding carboxylic acids is 1. The maximum atomic E-state index is 12.5. The molecule has 1 N–H and O–H groups in total. The first kappa shape index (κ1) is 17.3. The number of tetrazole rings is 1. The third kappa shape index (κ3) is 3.85. The fourth-order valence-electron chi connectivity index (χ4n) is 2.77. The van der Waals surface area contributed by atoms with Crippen molar-refractivity contribution in [2.24, 2.45) is 0 Å². The smallest absolute Gasteiger partial charge is 0.257 e. The van der Waals surface area contributed by atoms with Gasteiger partial charge in [0.25, 0.3) is 5.91 Å². The number of anilines is 1. The minimum absolute atomic E-state index is 0.191. The molecule has 0 aliphatic heterocycles. The SMILES string of the molecule is CCCCc1ccc2nc(NC(=O)c3ccc(-n4cnnn4)cc3)sc2c1. The second-order valence-corrected chi connectivity index (χ2v) is 7.21. The Bertz CT molecular complexity index is 1060. The van der Waals surface area contributed by atoms with Crippen LogP contribution >= 0.6 is 11.3 Å². The first-order valence-electron chi connectivity index (χ1n) is 8.77. The molecule has 0 bridgehead atoms. The number of nitrogens with one attached hydrogen (secondary N) is 1. The molecule has 1 amide bonds. The molecule has 0 atom stereocenters. The number of hydrogen-bond acceptors (Lipinski definition) is 6. The van der Waals surface area contributed by atoms with Gasteiger partial charge in [-0.05, 0) is 65.2 Å². The largest absolute Gasteiger partial charge is 0.298 e. The highest BCUT2D eigenvalue weighted by Crippen LogP contribution is 2.27. The number of carbonyl (C=O) groups is 1. The third-order valence-corrected chi connectivity index (χ3v) is 5.17. The molecule has 0 aliphatic carbocycles. The van der Waals surface area contributed by atoms with Crippen LogP contribution in [-0.4, -0.2) is 31.1 Å². The van der Waals surface area contributed by atoms with Crippen LogP contribution in [0.4, 0.5) is 5.13 Å². The Balaban J connectivity index is 1.48. The summed E-state index contributed by atoms with van der Waals surface area (Å²) in [6.45, 7) is 2.19. The summed E-state index contributed by atoms with van der Waals surface area (Å²) < 4.78 is 2.62. The average molecular weight is 378 g/mol. The summed E-state index contributed by atoms with van der Waals surface area (Å²) in [5, 5.41) is 14.5. The minimum atomic E-state index is -0.191. The molecular formula is C19H18N6OS. The van der Waals surface area contributed by atoms with Crippen LogP contribution in [0.2, 0.25) is 0 Å². The van der Waals surface area contributed by atoms with E-state index in [1.807, 2.05) is 6.07 Å². The van der Waals surface area contributed by atoms with Gasteiger partial charge < -0.3 is 0 Å². The van der Waals surface area contributed by atoms with E-state index in [0.717, 1.165) is 22.3 Å². The zero-order chi connectivity index (χ0) is 18.6. The molecule has 0 radical (unpaired) electrons. The lowest BCUT2D eigenvalue weighted by molar-refractivity contribution is 0.102. The maximum Gasteiger partial charge on any atom is 0.257 e. The van der Waals surface area contributed by atoms with E-state index in [4.69, 9.17) is 0 Å². The molecule has 7 nitrogen and oxygen atoms in total. The van der Waals surface area contributed by atoms with Gasteiger partial charge in [0, 0.05) is 5.56 Å². The number of hydrogen-bond donors (Lipinski definition) is 1. The molecule has 2 heterocycles. The zero-order valence-electron chi connectivity index (χ0n) is 14.8. The summed E-state index contributed by atoms with van der Waals surface area (Å²) in [7, 11) is 0. The first-order chi connectivity index (χ1) is 13.2. The fourth-order valence-corrected chi connectivity index (χ4v) is 3.70. The number of thiazole rings is 1. The van der Waals surface area contributed by atoms with E-state index < -0.39 is 0 Å². The second-order valence-electron chi connectivity index (χ2n) is 6.18. The summed E-state index contributed by atoms with van der Waals surface area (Å²) in [6.07, 6.45) is 4.92. The van der Waals surface area contributed by atoms with Gasteiger partial charge in [0.05, 0.1) is 15.9 Å². The Morgan fingerprint density at radius 3 is 2.78 bits per heavy atom. The molecule has 0 saturated heterocycles. The molecule has 0 fully saturated rings. The predicted octanol–water partition coefficient (Wildman–Crippen LogP) is 3.87. The van der Waals surface area contributed by atoms with Crippen LogP contribution < -0.4 is 5.32 Å². The van der Waals surface area contributed by atoms with Crippen molar-refractivity contribution < 1.29 is 4.79 Å². The van der Waals surface area contributed by atoms with Crippen molar-refractivity contribution in [3.63, 3.8) is 0 Å². The Labute approximate surface area is 160 Å². The normalized spacial score (nSPS) is 11.0. The Kier molecular flexibility index (Phi) is 4.88. The molecule has 0 saturated carbocycles. The highest BCUT2D eigenvalue weighted by Gasteiger charge is 2.11. The third-order valence-electron chi connectivity index (χ3n) is 4.24. The molecule has 4 rings (SSSR count). The van der Waals surface area contributed by atoms with Gasteiger partial charge in [-0.25, -0.2) is 9.67 Å². The maximum absolute atomic E-state index is 12.5. The van der Waals surface area contributed by atoms with Crippen molar-refractivity contribution in [3.8, 4) is 5.69 Å². The number of nitrogens with zero attached hydrogens (tertiary/aromatic N) is 5. The molecule has 0 spiro atoms. The number of fused-ring (bicyclic) bond motifs is 1. The molecule has 2 aromatic carbocycles. The fraction of sp³-hybridized carbons (Fsp3) is 0.211. The van der Waals surface area contributed by atoms with Crippen LogP contribution in [0.15, 0.2) is 48.8 Å². The number of unbranched alkanes of at least 4 members (excludes halogenated alkanes) is 1. The predicted molar refractivity (Wildman–Crippen MR) is 105 cm³/mol. The van der Waals surface area contributed by atoms with Crippen molar-refractivity contribution in [2.75, 3.05) is 5.32 Å². The minimum Gasteiger partial charge on any atom is -0.298 e. The van der Waals surface area contributed by atoms with Crippen LogP contribution in [-0.2, 0) is 6.42 Å². The van der Waals surface area contributed by atoms with E-state index in [1.54, 1.807) is 24.3 Å². The van der Waals surface area contributed by atoms with Gasteiger partial charge >= 0.3 is 0 Å². The monoisotopic (exact) mass is 378 g/mol. The van der Waals surface area contributed by atoms with E-state index >= 15 is 0 Å². The number of amides is 1. The van der Waals surface area contributed by atoms with Crippen LogP contribution in [0.25, 0.3) is 15.9 Å². The standard InChI is InChI=1S/C19H18N6OS/c1-2-3-4-13-5-10-16-17(11-13)27-19(21-16)22-18(26)14-6-8-15(9-7-14)25-12-20-23-24-25/h5-12H,2-4H2,1H3,(H,21,22,26). The lowest BCUT2D eigenvalue weighted by atomic mass is 10.1. The van der Waals surface area contributed by atoms with E-state index in [1.165, 1.54) is 40.8 Å². The van der Waals surface area contributed by atoms with Gasteiger partial charge in [0.2, 0.25) is 0 Å². The zero-order valence-corrected chi connectivity index (χ0v) is 15.6. The summed E-state index contributed by atoms with van der Waals surface area (Å²) in [5.41, 5.74) is 3.56. The molecule has 136 valence electrons. The molecule has 2 aromatic heterocycles. The van der Waals surface area contributed by atoms with Gasteiger partial charge in [-0.3, -0.25) is 10.1 Å². The second kappa shape index (κ2) is 7.63. The molecule has 27 heavy (non-hydrogen) atoms. The number of aryl methyl sites for hydroxylation is 1. The number of rotatable bonds is 6. The summed E-state index contributed by atoms with van der Waals surface area (Å²) in [4.78, 5) is 17.0. The number of benzene rings is 2. The van der Waals surface area contributed by atoms with Gasteiger partial charge in [-0.2, -0.15) is 0 Å². The first-order valence-corrected chi connectivity index (χ1v) is 9.59. The summed E-state index contributed by atoms with van der Waals surface area (Å²) in [5.74, 6) is -0.191. The van der Waals surface area contributed by atoms with Crippen LogP contribution in [0, 0.1) is 0 Å². The Hall–Kier alpha value is -3.13. The van der Waals surface area contributed by atoms with Crippen LogP contribution in [0.3, 0.4) is 0 Å². The van der Waals surface area contributed by atoms with Crippen molar-refractivity contribution in [2.45, 2.75) is 26.2 Å². The van der Waals surface area contributed by atoms with Crippen LogP contribution in [0.5, 0.6) is 0 Å². The lowest BCUT2D eigenvalue weighted by Crippen LogP contribution is -2.11. The van der Waals surface area contributed by atoms with Gasteiger partial charge in [0.1, 0.15) is 6.33 Å². The van der Waals surface area contributed by atoms with Crippen molar-refractivity contribution in [3.05, 3.63) is 59.9 Å². The molecule has 4 aromatic rings. The van der Waals surface area contributed by atoms with Crippen molar-refractivity contribution >= 4 is 32.6 Å². The Morgan fingerprint density at radius 2 is 2.04 bits per heavy atom.